The van der Waals surface area contributed by atoms with Gasteiger partial charge in [-0.3, -0.25) is 10.1 Å². The molecule has 1 aliphatic heterocycles. The lowest BCUT2D eigenvalue weighted by atomic mass is 9.98. The van der Waals surface area contributed by atoms with Crippen LogP contribution < -0.4 is 10.6 Å². The van der Waals surface area contributed by atoms with Gasteiger partial charge in [0, 0.05) is 18.6 Å². The lowest BCUT2D eigenvalue weighted by molar-refractivity contribution is -0.385. The molecule has 0 spiro atoms. The fourth-order valence-corrected chi connectivity index (χ4v) is 2.47. The van der Waals surface area contributed by atoms with E-state index < -0.39 is 22.2 Å². The van der Waals surface area contributed by atoms with Gasteiger partial charge in [-0.15, -0.1) is 0 Å². The highest BCUT2D eigenvalue weighted by Crippen LogP contribution is 2.32. The maximum atomic E-state index is 13.9. The third kappa shape index (κ3) is 2.65. The van der Waals surface area contributed by atoms with E-state index >= 15 is 0 Å². The summed E-state index contributed by atoms with van der Waals surface area (Å²) in [6.45, 7) is 2.27. The van der Waals surface area contributed by atoms with Gasteiger partial charge in [0.25, 0.3) is 5.69 Å². The SMILES string of the molecule is CC1CC(N)CCN1c1c(F)cc([N+](=O)[O-])cc1F. The number of non-ortho nitro benzene ring substituents is 1. The average Bonchev–Trinajstić information content (AvgIpc) is 2.30. The quantitative estimate of drug-likeness (QED) is 0.661. The monoisotopic (exact) mass is 271 g/mol. The lowest BCUT2D eigenvalue weighted by Crippen LogP contribution is -2.46. The number of hydrogen-bond donors (Lipinski definition) is 1. The second kappa shape index (κ2) is 5.08. The molecule has 1 heterocycles. The molecule has 0 radical (unpaired) electrons. The van der Waals surface area contributed by atoms with E-state index in [1.54, 1.807) is 4.90 Å². The van der Waals surface area contributed by atoms with Gasteiger partial charge in [0.05, 0.1) is 17.1 Å². The molecule has 0 amide bonds. The van der Waals surface area contributed by atoms with Crippen molar-refractivity contribution >= 4 is 11.4 Å². The van der Waals surface area contributed by atoms with Gasteiger partial charge in [-0.2, -0.15) is 0 Å². The van der Waals surface area contributed by atoms with Gasteiger partial charge in [-0.25, -0.2) is 8.78 Å². The molecular formula is C12H15F2N3O2. The number of hydrogen-bond acceptors (Lipinski definition) is 4. The summed E-state index contributed by atoms with van der Waals surface area (Å²) >= 11 is 0. The van der Waals surface area contributed by atoms with E-state index in [0.717, 1.165) is 12.1 Å². The Hall–Kier alpha value is -1.76. The Morgan fingerprint density at radius 3 is 2.47 bits per heavy atom. The van der Waals surface area contributed by atoms with Crippen LogP contribution in [0.15, 0.2) is 12.1 Å². The van der Waals surface area contributed by atoms with Crippen LogP contribution in [0.4, 0.5) is 20.2 Å². The standard InChI is InChI=1S/C12H15F2N3O2/c1-7-4-8(15)2-3-16(7)12-10(13)5-9(17(18)19)6-11(12)14/h5-8H,2-4,15H2,1H3. The van der Waals surface area contributed by atoms with Gasteiger partial charge in [-0.05, 0) is 19.8 Å². The van der Waals surface area contributed by atoms with Crippen LogP contribution in [0.3, 0.4) is 0 Å². The number of benzene rings is 1. The maximum absolute atomic E-state index is 13.9. The zero-order chi connectivity index (χ0) is 14.2. The fraction of sp³-hybridized carbons (Fsp3) is 0.500. The topological polar surface area (TPSA) is 72.4 Å². The smallest absolute Gasteiger partial charge is 0.275 e. The summed E-state index contributed by atoms with van der Waals surface area (Å²) in [6, 6.07) is 1.42. The third-order valence-electron chi connectivity index (χ3n) is 3.42. The van der Waals surface area contributed by atoms with Crippen molar-refractivity contribution in [1.29, 1.82) is 0 Å². The molecule has 2 rings (SSSR count). The number of halogens is 2. The van der Waals surface area contributed by atoms with Gasteiger partial charge in [0.15, 0.2) is 11.6 Å². The molecule has 1 fully saturated rings. The highest BCUT2D eigenvalue weighted by atomic mass is 19.1. The summed E-state index contributed by atoms with van der Waals surface area (Å²) in [5.41, 5.74) is 5.01. The summed E-state index contributed by atoms with van der Waals surface area (Å²) < 4.78 is 27.8. The van der Waals surface area contributed by atoms with Crippen LogP contribution in [0.2, 0.25) is 0 Å². The van der Waals surface area contributed by atoms with E-state index in [0.29, 0.717) is 19.4 Å². The summed E-state index contributed by atoms with van der Waals surface area (Å²) in [7, 11) is 0. The zero-order valence-electron chi connectivity index (χ0n) is 10.5. The van der Waals surface area contributed by atoms with Crippen molar-refractivity contribution in [3.8, 4) is 0 Å². The van der Waals surface area contributed by atoms with Crippen LogP contribution in [0, 0.1) is 21.7 Å². The van der Waals surface area contributed by atoms with Gasteiger partial charge < -0.3 is 10.6 Å². The van der Waals surface area contributed by atoms with E-state index in [1.807, 2.05) is 6.92 Å². The number of anilines is 1. The minimum absolute atomic E-state index is 0.0235. The third-order valence-corrected chi connectivity index (χ3v) is 3.42. The van der Waals surface area contributed by atoms with Gasteiger partial charge in [0.2, 0.25) is 0 Å². The molecule has 0 aromatic heterocycles. The predicted octanol–water partition coefficient (Wildman–Crippen LogP) is 2.19. The molecule has 1 aromatic rings. The minimum Gasteiger partial charge on any atom is -0.364 e. The van der Waals surface area contributed by atoms with Crippen molar-refractivity contribution in [2.24, 2.45) is 5.73 Å². The first-order valence-corrected chi connectivity index (χ1v) is 6.05. The van der Waals surface area contributed by atoms with Crippen molar-refractivity contribution in [3.63, 3.8) is 0 Å². The number of piperidine rings is 1. The Morgan fingerprint density at radius 2 is 2.00 bits per heavy atom. The van der Waals surface area contributed by atoms with Crippen molar-refractivity contribution in [2.45, 2.75) is 31.8 Å². The fourth-order valence-electron chi connectivity index (χ4n) is 2.47. The van der Waals surface area contributed by atoms with Gasteiger partial charge >= 0.3 is 0 Å². The molecule has 1 saturated heterocycles. The number of nitro groups is 1. The lowest BCUT2D eigenvalue weighted by Gasteiger charge is -2.38. The Bertz CT molecular complexity index is 487. The van der Waals surface area contributed by atoms with Crippen molar-refractivity contribution < 1.29 is 13.7 Å². The molecule has 1 aromatic carbocycles. The molecule has 5 nitrogen and oxygen atoms in total. The van der Waals surface area contributed by atoms with Crippen LogP contribution in [-0.2, 0) is 0 Å². The Morgan fingerprint density at radius 1 is 1.42 bits per heavy atom. The van der Waals surface area contributed by atoms with E-state index in [2.05, 4.69) is 0 Å². The number of nitrogens with zero attached hydrogens (tertiary/aromatic N) is 2. The van der Waals surface area contributed by atoms with Crippen molar-refractivity contribution in [2.75, 3.05) is 11.4 Å². The predicted molar refractivity (Wildman–Crippen MR) is 67.0 cm³/mol. The molecular weight excluding hydrogens is 256 g/mol. The number of nitro benzene ring substituents is 1. The zero-order valence-corrected chi connectivity index (χ0v) is 10.5. The maximum Gasteiger partial charge on any atom is 0.275 e. The van der Waals surface area contributed by atoms with Crippen LogP contribution in [0.25, 0.3) is 0 Å². The van der Waals surface area contributed by atoms with E-state index in [9.17, 15) is 18.9 Å². The second-order valence-corrected chi connectivity index (χ2v) is 4.84. The van der Waals surface area contributed by atoms with Crippen molar-refractivity contribution in [1.82, 2.24) is 0 Å². The molecule has 2 N–H and O–H groups in total. The average molecular weight is 271 g/mol. The molecule has 19 heavy (non-hydrogen) atoms. The van der Waals surface area contributed by atoms with Crippen LogP contribution in [0.1, 0.15) is 19.8 Å². The van der Waals surface area contributed by atoms with Crippen molar-refractivity contribution in [3.05, 3.63) is 33.9 Å². The Labute approximate surface area is 109 Å². The van der Waals surface area contributed by atoms with E-state index in [1.165, 1.54) is 0 Å². The first-order chi connectivity index (χ1) is 8.90. The number of rotatable bonds is 2. The molecule has 0 aliphatic carbocycles. The Balaban J connectivity index is 2.37. The molecule has 104 valence electrons. The van der Waals surface area contributed by atoms with Crippen LogP contribution in [-0.4, -0.2) is 23.6 Å². The first kappa shape index (κ1) is 13.7. The van der Waals surface area contributed by atoms with Crippen LogP contribution >= 0.6 is 0 Å². The molecule has 0 saturated carbocycles. The minimum atomic E-state index is -0.908. The highest BCUT2D eigenvalue weighted by Gasteiger charge is 2.29. The summed E-state index contributed by atoms with van der Waals surface area (Å²) in [5.74, 6) is -1.82. The summed E-state index contributed by atoms with van der Waals surface area (Å²) in [5, 5.41) is 10.5. The molecule has 2 unspecified atom stereocenters. The van der Waals surface area contributed by atoms with Gasteiger partial charge in [-0.1, -0.05) is 0 Å². The van der Waals surface area contributed by atoms with E-state index in [4.69, 9.17) is 5.73 Å². The largest absolute Gasteiger partial charge is 0.364 e. The first-order valence-electron chi connectivity index (χ1n) is 6.05. The highest BCUT2D eigenvalue weighted by molar-refractivity contribution is 5.54. The molecule has 1 aliphatic rings. The molecule has 7 heteroatoms. The summed E-state index contributed by atoms with van der Waals surface area (Å²) in [4.78, 5) is 11.3. The van der Waals surface area contributed by atoms with Crippen LogP contribution in [0.5, 0.6) is 0 Å². The van der Waals surface area contributed by atoms with Gasteiger partial charge in [0.1, 0.15) is 5.69 Å². The number of nitrogens with two attached hydrogens (primary N) is 1. The Kier molecular flexibility index (Phi) is 3.66. The summed E-state index contributed by atoms with van der Waals surface area (Å²) in [6.07, 6.45) is 1.27. The van der Waals surface area contributed by atoms with E-state index in [-0.39, 0.29) is 17.8 Å². The molecule has 0 bridgehead atoms. The molecule has 2 atom stereocenters. The normalized spacial score (nSPS) is 23.5. The second-order valence-electron chi connectivity index (χ2n) is 4.84.